The molecule has 0 radical (unpaired) electrons. The molecular formula is C28H32N2O5. The van der Waals surface area contributed by atoms with Crippen LogP contribution in [0.5, 0.6) is 0 Å². The fraction of sp³-hybridized carbons (Fsp3) is 0.393. The summed E-state index contributed by atoms with van der Waals surface area (Å²) in [7, 11) is 0. The molecule has 7 heteroatoms. The number of allylic oxidation sites excluding steroid dienone is 1. The fourth-order valence-electron chi connectivity index (χ4n) is 4.90. The first kappa shape index (κ1) is 24.5. The smallest absolute Gasteiger partial charge is 0.407 e. The Kier molecular flexibility index (Phi) is 6.96. The predicted octanol–water partition coefficient (Wildman–Crippen LogP) is 4.48. The number of carboxylic acid groups (broad SMARTS) is 1. The molecule has 35 heavy (non-hydrogen) atoms. The Balaban J connectivity index is 1.41. The van der Waals surface area contributed by atoms with Crippen molar-refractivity contribution in [1.82, 2.24) is 10.6 Å². The molecule has 2 aromatic carbocycles. The lowest BCUT2D eigenvalue weighted by Crippen LogP contribution is -2.55. The molecule has 7 nitrogen and oxygen atoms in total. The molecule has 0 spiro atoms. The Bertz CT molecular complexity index is 1100. The van der Waals surface area contributed by atoms with Crippen LogP contribution in [-0.2, 0) is 14.3 Å². The molecule has 2 aromatic rings. The van der Waals surface area contributed by atoms with Crippen molar-refractivity contribution in [2.75, 3.05) is 6.61 Å². The summed E-state index contributed by atoms with van der Waals surface area (Å²) in [4.78, 5) is 37.2. The quantitative estimate of drug-likeness (QED) is 0.534. The van der Waals surface area contributed by atoms with E-state index in [9.17, 15) is 19.5 Å². The summed E-state index contributed by atoms with van der Waals surface area (Å²) >= 11 is 0. The van der Waals surface area contributed by atoms with Crippen molar-refractivity contribution in [3.8, 4) is 11.1 Å². The van der Waals surface area contributed by atoms with Crippen LogP contribution >= 0.6 is 0 Å². The third-order valence-electron chi connectivity index (χ3n) is 6.74. The minimum absolute atomic E-state index is 0.0737. The van der Waals surface area contributed by atoms with E-state index in [2.05, 4.69) is 34.9 Å². The Morgan fingerprint density at radius 3 is 2.20 bits per heavy atom. The highest BCUT2D eigenvalue weighted by atomic mass is 16.5. The maximum Gasteiger partial charge on any atom is 0.407 e. The van der Waals surface area contributed by atoms with Gasteiger partial charge in [-0.05, 0) is 40.5 Å². The predicted molar refractivity (Wildman–Crippen MR) is 133 cm³/mol. The molecule has 2 amide bonds. The monoisotopic (exact) mass is 476 g/mol. The summed E-state index contributed by atoms with van der Waals surface area (Å²) in [5.41, 5.74) is 3.93. The molecule has 0 saturated carbocycles. The van der Waals surface area contributed by atoms with Crippen molar-refractivity contribution in [3.63, 3.8) is 0 Å². The van der Waals surface area contributed by atoms with E-state index in [0.717, 1.165) is 22.3 Å². The van der Waals surface area contributed by atoms with E-state index in [1.807, 2.05) is 51.1 Å². The number of carbonyl (C=O) groups is 3. The highest BCUT2D eigenvalue weighted by Gasteiger charge is 2.36. The van der Waals surface area contributed by atoms with Gasteiger partial charge in [0.25, 0.3) is 0 Å². The normalized spacial score (nSPS) is 19.9. The van der Waals surface area contributed by atoms with Crippen LogP contribution < -0.4 is 10.6 Å². The van der Waals surface area contributed by atoms with Gasteiger partial charge in [0, 0.05) is 12.0 Å². The van der Waals surface area contributed by atoms with Crippen LogP contribution in [0.1, 0.15) is 50.7 Å². The zero-order chi connectivity index (χ0) is 25.2. The molecule has 3 atom stereocenters. The molecule has 184 valence electrons. The largest absolute Gasteiger partial charge is 0.481 e. The minimum Gasteiger partial charge on any atom is -0.481 e. The SMILES string of the molecule is CC(C)(C)C(NC(=O)OCC1c2ccccc2-c2ccccc21)C(=O)N[C@H]1C=CC[C@H](C(=O)O)C1. The minimum atomic E-state index is -0.877. The van der Waals surface area contributed by atoms with Crippen molar-refractivity contribution >= 4 is 18.0 Å². The van der Waals surface area contributed by atoms with Crippen LogP contribution in [0.15, 0.2) is 60.7 Å². The van der Waals surface area contributed by atoms with Gasteiger partial charge in [-0.15, -0.1) is 0 Å². The number of amides is 2. The molecule has 0 heterocycles. The summed E-state index contributed by atoms with van der Waals surface area (Å²) in [5, 5.41) is 14.9. The number of carbonyl (C=O) groups excluding carboxylic acids is 2. The van der Waals surface area contributed by atoms with Crippen molar-refractivity contribution in [1.29, 1.82) is 0 Å². The summed E-state index contributed by atoms with van der Waals surface area (Å²) in [6.45, 7) is 5.73. The highest BCUT2D eigenvalue weighted by molar-refractivity contribution is 5.87. The molecule has 2 aliphatic carbocycles. The maximum atomic E-state index is 13.1. The molecule has 4 rings (SSSR count). The van der Waals surface area contributed by atoms with E-state index in [0.29, 0.717) is 12.8 Å². The van der Waals surface area contributed by atoms with Crippen LogP contribution in [0.3, 0.4) is 0 Å². The third kappa shape index (κ3) is 5.39. The lowest BCUT2D eigenvalue weighted by Gasteiger charge is -2.32. The van der Waals surface area contributed by atoms with Gasteiger partial charge in [0.15, 0.2) is 0 Å². The Morgan fingerprint density at radius 1 is 1.03 bits per heavy atom. The first-order chi connectivity index (χ1) is 16.6. The number of rotatable bonds is 6. The van der Waals surface area contributed by atoms with Crippen LogP contribution in [0, 0.1) is 11.3 Å². The van der Waals surface area contributed by atoms with Crippen molar-refractivity contribution in [2.24, 2.45) is 11.3 Å². The lowest BCUT2D eigenvalue weighted by molar-refractivity contribution is -0.142. The topological polar surface area (TPSA) is 105 Å². The van der Waals surface area contributed by atoms with Crippen LogP contribution in [0.25, 0.3) is 11.1 Å². The summed E-state index contributed by atoms with van der Waals surface area (Å²) in [5.74, 6) is -1.85. The third-order valence-corrected chi connectivity index (χ3v) is 6.74. The Hall–Kier alpha value is -3.61. The second-order valence-corrected chi connectivity index (χ2v) is 10.3. The van der Waals surface area contributed by atoms with E-state index < -0.39 is 35.5 Å². The van der Waals surface area contributed by atoms with Gasteiger partial charge in [-0.1, -0.05) is 81.5 Å². The number of nitrogens with one attached hydrogen (secondary N) is 2. The molecule has 1 unspecified atom stereocenters. The number of benzene rings is 2. The van der Waals surface area contributed by atoms with Crippen molar-refractivity contribution in [3.05, 3.63) is 71.8 Å². The van der Waals surface area contributed by atoms with E-state index >= 15 is 0 Å². The van der Waals surface area contributed by atoms with Crippen LogP contribution in [-0.4, -0.2) is 41.8 Å². The second kappa shape index (κ2) is 9.94. The van der Waals surface area contributed by atoms with E-state index in [4.69, 9.17) is 4.74 Å². The number of carboxylic acids is 1. The summed E-state index contributed by atoms with van der Waals surface area (Å²) in [6.07, 6.45) is 3.69. The zero-order valence-corrected chi connectivity index (χ0v) is 20.3. The van der Waals surface area contributed by atoms with Gasteiger partial charge in [-0.2, -0.15) is 0 Å². The number of ether oxygens (including phenoxy) is 1. The molecule has 3 N–H and O–H groups in total. The highest BCUT2D eigenvalue weighted by Crippen LogP contribution is 2.44. The molecule has 0 fully saturated rings. The number of fused-ring (bicyclic) bond motifs is 3. The lowest BCUT2D eigenvalue weighted by atomic mass is 9.85. The van der Waals surface area contributed by atoms with E-state index in [1.165, 1.54) is 0 Å². The van der Waals surface area contributed by atoms with E-state index in [-0.39, 0.29) is 18.4 Å². The number of alkyl carbamates (subject to hydrolysis) is 1. The molecule has 2 aliphatic rings. The van der Waals surface area contributed by atoms with Gasteiger partial charge in [0.1, 0.15) is 12.6 Å². The molecule has 0 saturated heterocycles. The van der Waals surface area contributed by atoms with Gasteiger partial charge in [0.2, 0.25) is 5.91 Å². The molecule has 0 aromatic heterocycles. The average Bonchev–Trinajstić information content (AvgIpc) is 3.14. The van der Waals surface area contributed by atoms with Gasteiger partial charge in [-0.25, -0.2) is 4.79 Å². The molecule has 0 bridgehead atoms. The summed E-state index contributed by atoms with van der Waals surface area (Å²) < 4.78 is 5.63. The molecule has 0 aliphatic heterocycles. The summed E-state index contributed by atoms with van der Waals surface area (Å²) in [6, 6.07) is 15.0. The van der Waals surface area contributed by atoms with Crippen LogP contribution in [0.4, 0.5) is 4.79 Å². The van der Waals surface area contributed by atoms with Gasteiger partial charge in [-0.3, -0.25) is 9.59 Å². The first-order valence-electron chi connectivity index (χ1n) is 12.0. The number of hydrogen-bond donors (Lipinski definition) is 3. The fourth-order valence-corrected chi connectivity index (χ4v) is 4.90. The standard InChI is InChI=1S/C28H32N2O5/c1-28(2,3)24(25(31)29-18-10-8-9-17(15-18)26(32)33)30-27(34)35-16-23-21-13-6-4-11-19(21)20-12-5-7-14-22(20)23/h4-8,10-14,17-18,23-24H,9,15-16H2,1-3H3,(H,29,31)(H,30,34)(H,32,33)/t17-,18-,24?/m0/s1. The number of aliphatic carboxylic acids is 1. The second-order valence-electron chi connectivity index (χ2n) is 10.3. The van der Waals surface area contributed by atoms with Gasteiger partial charge < -0.3 is 20.5 Å². The first-order valence-corrected chi connectivity index (χ1v) is 12.0. The van der Waals surface area contributed by atoms with Crippen molar-refractivity contribution in [2.45, 2.75) is 51.6 Å². The Labute approximate surface area is 205 Å². The van der Waals surface area contributed by atoms with E-state index in [1.54, 1.807) is 6.08 Å². The average molecular weight is 477 g/mol. The van der Waals surface area contributed by atoms with Crippen molar-refractivity contribution < 1.29 is 24.2 Å². The Morgan fingerprint density at radius 2 is 1.63 bits per heavy atom. The zero-order valence-electron chi connectivity index (χ0n) is 20.3. The number of hydrogen-bond acceptors (Lipinski definition) is 4. The molecular weight excluding hydrogens is 444 g/mol. The van der Waals surface area contributed by atoms with Gasteiger partial charge in [0.05, 0.1) is 5.92 Å². The van der Waals surface area contributed by atoms with Crippen LogP contribution in [0.2, 0.25) is 0 Å². The maximum absolute atomic E-state index is 13.1. The van der Waals surface area contributed by atoms with Gasteiger partial charge >= 0.3 is 12.1 Å².